The highest BCUT2D eigenvalue weighted by atomic mass is 32.1. The number of carboxylic acids is 1. The van der Waals surface area contributed by atoms with Gasteiger partial charge in [0.25, 0.3) is 0 Å². The molecule has 2 N–H and O–H groups in total. The highest BCUT2D eigenvalue weighted by Crippen LogP contribution is 2.09. The summed E-state index contributed by atoms with van der Waals surface area (Å²) in [4.78, 5) is 14.9. The number of nitrogens with one attached hydrogen (secondary N) is 1. The maximum atomic E-state index is 10.6. The van der Waals surface area contributed by atoms with Crippen LogP contribution in [-0.4, -0.2) is 16.1 Å². The lowest BCUT2D eigenvalue weighted by molar-refractivity contribution is 0.0660. The van der Waals surface area contributed by atoms with E-state index >= 15 is 0 Å². The minimum atomic E-state index is -1.05. The van der Waals surface area contributed by atoms with E-state index in [9.17, 15) is 4.79 Å². The lowest BCUT2D eigenvalue weighted by Crippen LogP contribution is -2.12. The summed E-state index contributed by atoms with van der Waals surface area (Å²) < 4.78 is 5.11. The van der Waals surface area contributed by atoms with Crippen molar-refractivity contribution in [2.75, 3.05) is 0 Å². The third kappa shape index (κ3) is 3.15. The molecule has 0 aromatic carbocycles. The fourth-order valence-corrected chi connectivity index (χ4v) is 2.00. The van der Waals surface area contributed by atoms with Crippen LogP contribution >= 0.6 is 11.3 Å². The molecule has 0 unspecified atom stereocenters. The van der Waals surface area contributed by atoms with Gasteiger partial charge in [0.2, 0.25) is 5.76 Å². The molecule has 17 heavy (non-hydrogen) atoms. The van der Waals surface area contributed by atoms with Gasteiger partial charge >= 0.3 is 5.97 Å². The molecule has 0 bridgehead atoms. The molecule has 0 spiro atoms. The van der Waals surface area contributed by atoms with Gasteiger partial charge in [0.15, 0.2) is 0 Å². The summed E-state index contributed by atoms with van der Waals surface area (Å²) >= 11 is 1.61. The van der Waals surface area contributed by atoms with Crippen molar-refractivity contribution in [3.05, 3.63) is 39.7 Å². The predicted molar refractivity (Wildman–Crippen MR) is 63.1 cm³/mol. The first-order valence-electron chi connectivity index (χ1n) is 5.09. The van der Waals surface area contributed by atoms with Gasteiger partial charge in [-0.05, 0) is 19.1 Å². The van der Waals surface area contributed by atoms with E-state index in [-0.39, 0.29) is 5.76 Å². The van der Waals surface area contributed by atoms with Crippen LogP contribution in [0.1, 0.15) is 27.0 Å². The van der Waals surface area contributed by atoms with Crippen molar-refractivity contribution >= 4 is 17.3 Å². The standard InChI is InChI=1S/C11H12N2O3S/c1-7-13-8(6-17-7)4-12-5-9-2-3-10(16-9)11(14)15/h2-3,6,12H,4-5H2,1H3,(H,14,15). The highest BCUT2D eigenvalue weighted by molar-refractivity contribution is 7.09. The fraction of sp³-hybridized carbons (Fsp3) is 0.273. The lowest BCUT2D eigenvalue weighted by atomic mass is 10.4. The molecular weight excluding hydrogens is 240 g/mol. The molecule has 90 valence electrons. The molecule has 2 heterocycles. The van der Waals surface area contributed by atoms with E-state index in [1.54, 1.807) is 17.4 Å². The third-order valence-electron chi connectivity index (χ3n) is 2.14. The van der Waals surface area contributed by atoms with Crippen LogP contribution in [0.4, 0.5) is 0 Å². The van der Waals surface area contributed by atoms with Gasteiger partial charge < -0.3 is 14.8 Å². The number of aromatic nitrogens is 1. The minimum Gasteiger partial charge on any atom is -0.475 e. The van der Waals surface area contributed by atoms with Crippen LogP contribution in [0.2, 0.25) is 0 Å². The summed E-state index contributed by atoms with van der Waals surface area (Å²) in [5, 5.41) is 14.9. The van der Waals surface area contributed by atoms with E-state index in [4.69, 9.17) is 9.52 Å². The molecule has 0 aliphatic heterocycles. The molecular formula is C11H12N2O3S. The zero-order chi connectivity index (χ0) is 12.3. The van der Waals surface area contributed by atoms with Crippen molar-refractivity contribution in [3.63, 3.8) is 0 Å². The molecule has 2 aromatic rings. The zero-order valence-corrected chi connectivity index (χ0v) is 10.1. The number of thiazole rings is 1. The number of aryl methyl sites for hydroxylation is 1. The summed E-state index contributed by atoms with van der Waals surface area (Å²) in [7, 11) is 0. The summed E-state index contributed by atoms with van der Waals surface area (Å²) in [6.45, 7) is 3.09. The quantitative estimate of drug-likeness (QED) is 0.851. The maximum Gasteiger partial charge on any atom is 0.371 e. The highest BCUT2D eigenvalue weighted by Gasteiger charge is 2.08. The Hall–Kier alpha value is -1.66. The van der Waals surface area contributed by atoms with Gasteiger partial charge in [-0.25, -0.2) is 9.78 Å². The van der Waals surface area contributed by atoms with E-state index in [0.29, 0.717) is 18.8 Å². The number of hydrogen-bond acceptors (Lipinski definition) is 5. The van der Waals surface area contributed by atoms with Crippen molar-refractivity contribution in [3.8, 4) is 0 Å². The van der Waals surface area contributed by atoms with E-state index in [2.05, 4.69) is 10.3 Å². The van der Waals surface area contributed by atoms with Gasteiger partial charge in [0.05, 0.1) is 17.2 Å². The smallest absolute Gasteiger partial charge is 0.371 e. The maximum absolute atomic E-state index is 10.6. The molecule has 0 fully saturated rings. The normalized spacial score (nSPS) is 10.6. The van der Waals surface area contributed by atoms with Crippen molar-refractivity contribution in [1.82, 2.24) is 10.3 Å². The summed E-state index contributed by atoms with van der Waals surface area (Å²) in [6, 6.07) is 3.11. The lowest BCUT2D eigenvalue weighted by Gasteiger charge is -1.99. The average molecular weight is 252 g/mol. The predicted octanol–water partition coefficient (Wildman–Crippen LogP) is 2.03. The van der Waals surface area contributed by atoms with Gasteiger partial charge in [0, 0.05) is 11.9 Å². The van der Waals surface area contributed by atoms with Crippen LogP contribution < -0.4 is 5.32 Å². The Morgan fingerprint density at radius 2 is 2.35 bits per heavy atom. The monoisotopic (exact) mass is 252 g/mol. The largest absolute Gasteiger partial charge is 0.475 e. The number of hydrogen-bond donors (Lipinski definition) is 2. The third-order valence-corrected chi connectivity index (χ3v) is 2.97. The number of aromatic carboxylic acids is 1. The van der Waals surface area contributed by atoms with E-state index < -0.39 is 5.97 Å². The minimum absolute atomic E-state index is 0.0358. The first-order chi connectivity index (χ1) is 8.15. The van der Waals surface area contributed by atoms with E-state index in [1.807, 2.05) is 12.3 Å². The van der Waals surface area contributed by atoms with Crippen molar-refractivity contribution in [2.45, 2.75) is 20.0 Å². The molecule has 0 amide bonds. The molecule has 2 rings (SSSR count). The van der Waals surface area contributed by atoms with Crippen LogP contribution in [0.15, 0.2) is 21.9 Å². The Morgan fingerprint density at radius 1 is 1.53 bits per heavy atom. The molecule has 5 nitrogen and oxygen atoms in total. The SMILES string of the molecule is Cc1nc(CNCc2ccc(C(=O)O)o2)cs1. The van der Waals surface area contributed by atoms with Crippen LogP contribution in [0.5, 0.6) is 0 Å². The second-order valence-electron chi connectivity index (χ2n) is 3.53. The van der Waals surface area contributed by atoms with Crippen LogP contribution in [-0.2, 0) is 13.1 Å². The second kappa shape index (κ2) is 5.11. The summed E-state index contributed by atoms with van der Waals surface area (Å²) in [6.07, 6.45) is 0. The first kappa shape index (κ1) is 11.8. The second-order valence-corrected chi connectivity index (χ2v) is 4.59. The van der Waals surface area contributed by atoms with E-state index in [1.165, 1.54) is 6.07 Å². The summed E-state index contributed by atoms with van der Waals surface area (Å²) in [5.74, 6) is -0.480. The average Bonchev–Trinajstić information content (AvgIpc) is 2.88. The molecule has 6 heteroatoms. The van der Waals surface area contributed by atoms with Crippen molar-refractivity contribution in [1.29, 1.82) is 0 Å². The van der Waals surface area contributed by atoms with Crippen molar-refractivity contribution < 1.29 is 14.3 Å². The molecule has 0 aliphatic carbocycles. The Labute approximate surface area is 102 Å². The van der Waals surface area contributed by atoms with Crippen LogP contribution in [0, 0.1) is 6.92 Å². The molecule has 0 saturated carbocycles. The van der Waals surface area contributed by atoms with Gasteiger partial charge in [-0.2, -0.15) is 0 Å². The first-order valence-corrected chi connectivity index (χ1v) is 5.97. The van der Waals surface area contributed by atoms with Gasteiger partial charge in [-0.1, -0.05) is 0 Å². The number of furan rings is 1. The van der Waals surface area contributed by atoms with Gasteiger partial charge in [0.1, 0.15) is 5.76 Å². The van der Waals surface area contributed by atoms with Gasteiger partial charge in [-0.15, -0.1) is 11.3 Å². The van der Waals surface area contributed by atoms with Crippen LogP contribution in [0.3, 0.4) is 0 Å². The number of rotatable bonds is 5. The molecule has 0 atom stereocenters. The molecule has 0 aliphatic rings. The molecule has 2 aromatic heterocycles. The Balaban J connectivity index is 1.83. The molecule has 0 radical (unpaired) electrons. The van der Waals surface area contributed by atoms with Crippen molar-refractivity contribution in [2.24, 2.45) is 0 Å². The van der Waals surface area contributed by atoms with Crippen LogP contribution in [0.25, 0.3) is 0 Å². The Bertz CT molecular complexity index is 518. The molecule has 0 saturated heterocycles. The number of carboxylic acid groups (broad SMARTS) is 1. The Kier molecular flexibility index (Phi) is 3.55. The Morgan fingerprint density at radius 3 is 2.94 bits per heavy atom. The number of carbonyl (C=O) groups is 1. The topological polar surface area (TPSA) is 75.4 Å². The zero-order valence-electron chi connectivity index (χ0n) is 9.27. The van der Waals surface area contributed by atoms with E-state index in [0.717, 1.165) is 10.7 Å². The number of nitrogens with zero attached hydrogens (tertiary/aromatic N) is 1. The van der Waals surface area contributed by atoms with Gasteiger partial charge in [-0.3, -0.25) is 0 Å². The fourth-order valence-electron chi connectivity index (χ4n) is 1.39. The summed E-state index contributed by atoms with van der Waals surface area (Å²) in [5.41, 5.74) is 0.984.